The molecule has 1 amide bonds. The molecule has 4 rings (SSSR count). The van der Waals surface area contributed by atoms with Crippen molar-refractivity contribution < 1.29 is 14.2 Å². The number of para-hydroxylation sites is 1. The molecule has 0 aliphatic rings. The first-order chi connectivity index (χ1) is 16.2. The van der Waals surface area contributed by atoms with Crippen LogP contribution in [0.5, 0.6) is 0 Å². The van der Waals surface area contributed by atoms with E-state index in [1.54, 1.807) is 20.8 Å². The Kier molecular flexibility index (Phi) is 6.01. The van der Waals surface area contributed by atoms with E-state index in [0.717, 1.165) is 22.6 Å². The SMILES string of the molecule is Cc1nn(-c2ccccc2)c(C)c1CNC(=O)c1noc(C)c1Cn1nc(C)c([N+](=O)[O-])c1C. The van der Waals surface area contributed by atoms with E-state index >= 15 is 0 Å². The van der Waals surface area contributed by atoms with Gasteiger partial charge >= 0.3 is 5.69 Å². The van der Waals surface area contributed by atoms with E-state index in [-0.39, 0.29) is 24.5 Å². The second-order valence-corrected chi connectivity index (χ2v) is 8.08. The van der Waals surface area contributed by atoms with Crippen LogP contribution in [-0.2, 0) is 13.1 Å². The van der Waals surface area contributed by atoms with Gasteiger partial charge in [0.1, 0.15) is 17.1 Å². The predicted octanol–water partition coefficient (Wildman–Crippen LogP) is 3.49. The van der Waals surface area contributed by atoms with Crippen LogP contribution in [-0.4, -0.2) is 35.5 Å². The zero-order chi connectivity index (χ0) is 24.6. The zero-order valence-electron chi connectivity index (χ0n) is 19.6. The van der Waals surface area contributed by atoms with Crippen molar-refractivity contribution >= 4 is 11.6 Å². The molecule has 11 nitrogen and oxygen atoms in total. The van der Waals surface area contributed by atoms with Crippen LogP contribution in [0.1, 0.15) is 50.2 Å². The minimum absolute atomic E-state index is 0.0403. The Labute approximate surface area is 195 Å². The van der Waals surface area contributed by atoms with Gasteiger partial charge < -0.3 is 9.84 Å². The van der Waals surface area contributed by atoms with Crippen LogP contribution in [0.15, 0.2) is 34.9 Å². The Morgan fingerprint density at radius 1 is 1.03 bits per heavy atom. The summed E-state index contributed by atoms with van der Waals surface area (Å²) in [6.45, 7) is 9.14. The molecule has 0 saturated carbocycles. The van der Waals surface area contributed by atoms with Gasteiger partial charge in [-0.15, -0.1) is 0 Å². The monoisotopic (exact) mass is 463 g/mol. The molecule has 4 aromatic rings. The highest BCUT2D eigenvalue weighted by Gasteiger charge is 2.26. The second-order valence-electron chi connectivity index (χ2n) is 8.08. The summed E-state index contributed by atoms with van der Waals surface area (Å²) in [6.07, 6.45) is 0. The quantitative estimate of drug-likeness (QED) is 0.327. The molecule has 0 aliphatic carbocycles. The molecule has 1 N–H and O–H groups in total. The van der Waals surface area contributed by atoms with Gasteiger partial charge in [0.2, 0.25) is 0 Å². The van der Waals surface area contributed by atoms with Gasteiger partial charge in [-0.1, -0.05) is 23.4 Å². The summed E-state index contributed by atoms with van der Waals surface area (Å²) < 4.78 is 8.61. The normalized spacial score (nSPS) is 11.1. The summed E-state index contributed by atoms with van der Waals surface area (Å²) in [5.41, 5.74) is 4.90. The van der Waals surface area contributed by atoms with Gasteiger partial charge in [0.25, 0.3) is 5.91 Å². The number of hydrogen-bond donors (Lipinski definition) is 1. The molecule has 0 atom stereocenters. The fourth-order valence-corrected chi connectivity index (χ4v) is 4.01. The lowest BCUT2D eigenvalue weighted by Crippen LogP contribution is -2.25. The number of carbonyl (C=O) groups excluding carboxylic acids is 1. The first kappa shape index (κ1) is 22.9. The summed E-state index contributed by atoms with van der Waals surface area (Å²) in [6, 6.07) is 9.77. The lowest BCUT2D eigenvalue weighted by atomic mass is 10.1. The van der Waals surface area contributed by atoms with Gasteiger partial charge in [-0.05, 0) is 46.8 Å². The first-order valence-corrected chi connectivity index (χ1v) is 10.7. The van der Waals surface area contributed by atoms with Gasteiger partial charge in [0.05, 0.1) is 22.8 Å². The van der Waals surface area contributed by atoms with Crippen LogP contribution in [0.3, 0.4) is 0 Å². The number of nitrogens with zero attached hydrogens (tertiary/aromatic N) is 6. The largest absolute Gasteiger partial charge is 0.361 e. The van der Waals surface area contributed by atoms with E-state index in [0.29, 0.717) is 22.7 Å². The molecular weight excluding hydrogens is 438 g/mol. The van der Waals surface area contributed by atoms with Gasteiger partial charge in [0.15, 0.2) is 5.69 Å². The van der Waals surface area contributed by atoms with Crippen molar-refractivity contribution in [2.75, 3.05) is 0 Å². The highest BCUT2D eigenvalue weighted by molar-refractivity contribution is 5.93. The van der Waals surface area contributed by atoms with E-state index in [1.807, 2.05) is 48.9 Å². The Bertz CT molecular complexity index is 1380. The molecular formula is C23H25N7O4. The minimum atomic E-state index is -0.456. The average Bonchev–Trinajstić information content (AvgIpc) is 3.40. The van der Waals surface area contributed by atoms with Gasteiger partial charge in [-0.2, -0.15) is 10.2 Å². The molecule has 0 aliphatic heterocycles. The maximum atomic E-state index is 13.0. The molecule has 0 bridgehead atoms. The first-order valence-electron chi connectivity index (χ1n) is 10.7. The van der Waals surface area contributed by atoms with Crippen LogP contribution in [0, 0.1) is 44.7 Å². The number of carbonyl (C=O) groups is 1. The van der Waals surface area contributed by atoms with Crippen molar-refractivity contribution in [1.29, 1.82) is 0 Å². The Morgan fingerprint density at radius 2 is 1.74 bits per heavy atom. The molecule has 0 fully saturated rings. The third kappa shape index (κ3) is 4.07. The second kappa shape index (κ2) is 8.93. The highest BCUT2D eigenvalue weighted by Crippen LogP contribution is 2.24. The maximum absolute atomic E-state index is 13.0. The summed E-state index contributed by atoms with van der Waals surface area (Å²) >= 11 is 0. The molecule has 0 saturated heterocycles. The van der Waals surface area contributed by atoms with Crippen molar-refractivity contribution in [2.45, 2.75) is 47.7 Å². The van der Waals surface area contributed by atoms with Crippen molar-refractivity contribution in [3.8, 4) is 5.69 Å². The number of rotatable bonds is 7. The Morgan fingerprint density at radius 3 is 2.38 bits per heavy atom. The van der Waals surface area contributed by atoms with E-state index in [2.05, 4.69) is 20.7 Å². The number of benzene rings is 1. The lowest BCUT2D eigenvalue weighted by molar-refractivity contribution is -0.386. The molecule has 3 heterocycles. The third-order valence-electron chi connectivity index (χ3n) is 5.90. The summed E-state index contributed by atoms with van der Waals surface area (Å²) in [5.74, 6) is 0.0405. The van der Waals surface area contributed by atoms with E-state index in [4.69, 9.17) is 4.52 Å². The number of hydrogen-bond acceptors (Lipinski definition) is 7. The molecule has 176 valence electrons. The van der Waals surface area contributed by atoms with Crippen LogP contribution in [0.4, 0.5) is 5.69 Å². The number of nitrogens with one attached hydrogen (secondary N) is 1. The molecule has 0 radical (unpaired) electrons. The van der Waals surface area contributed by atoms with Gasteiger partial charge in [0, 0.05) is 23.4 Å². The number of aromatic nitrogens is 5. The Hall–Kier alpha value is -4.28. The highest BCUT2D eigenvalue weighted by atomic mass is 16.6. The maximum Gasteiger partial charge on any atom is 0.312 e. The molecule has 3 aromatic heterocycles. The third-order valence-corrected chi connectivity index (χ3v) is 5.90. The number of aryl methyl sites for hydroxylation is 3. The van der Waals surface area contributed by atoms with E-state index in [1.165, 1.54) is 4.68 Å². The van der Waals surface area contributed by atoms with Gasteiger partial charge in [-0.25, -0.2) is 4.68 Å². The summed E-state index contributed by atoms with van der Waals surface area (Å²) in [4.78, 5) is 23.9. The standard InChI is InChI=1S/C23H25N7O4/c1-13-19(15(3)29(26-13)18-9-7-6-8-10-18)11-24-23(31)21-20(17(5)34-27-21)12-28-16(4)22(30(32)33)14(2)25-28/h6-10H,11-12H2,1-5H3,(H,24,31). The lowest BCUT2D eigenvalue weighted by Gasteiger charge is -2.08. The molecule has 11 heteroatoms. The van der Waals surface area contributed by atoms with Crippen LogP contribution in [0.2, 0.25) is 0 Å². The summed E-state index contributed by atoms with van der Waals surface area (Å²) in [5, 5.41) is 27.0. The number of amides is 1. The fraction of sp³-hybridized carbons (Fsp3) is 0.304. The number of nitro groups is 1. The molecule has 0 spiro atoms. The molecule has 1 aromatic carbocycles. The van der Waals surface area contributed by atoms with Crippen LogP contribution < -0.4 is 5.32 Å². The van der Waals surface area contributed by atoms with Crippen molar-refractivity contribution in [1.82, 2.24) is 30.0 Å². The van der Waals surface area contributed by atoms with Crippen LogP contribution in [0.25, 0.3) is 5.69 Å². The van der Waals surface area contributed by atoms with E-state index < -0.39 is 10.8 Å². The zero-order valence-corrected chi connectivity index (χ0v) is 19.6. The smallest absolute Gasteiger partial charge is 0.312 e. The predicted molar refractivity (Wildman–Crippen MR) is 123 cm³/mol. The van der Waals surface area contributed by atoms with Crippen molar-refractivity contribution in [3.05, 3.63) is 85.8 Å². The fourth-order valence-electron chi connectivity index (χ4n) is 4.01. The minimum Gasteiger partial charge on any atom is -0.361 e. The van der Waals surface area contributed by atoms with Crippen molar-refractivity contribution in [2.24, 2.45) is 0 Å². The summed E-state index contributed by atoms with van der Waals surface area (Å²) in [7, 11) is 0. The topological polar surface area (TPSA) is 134 Å². The van der Waals surface area contributed by atoms with E-state index in [9.17, 15) is 14.9 Å². The van der Waals surface area contributed by atoms with Gasteiger partial charge in [-0.3, -0.25) is 19.6 Å². The molecule has 0 unspecified atom stereocenters. The average molecular weight is 463 g/mol. The van der Waals surface area contributed by atoms with Crippen molar-refractivity contribution in [3.63, 3.8) is 0 Å². The van der Waals surface area contributed by atoms with Crippen LogP contribution >= 0.6 is 0 Å². The Balaban J connectivity index is 1.55. The molecule has 34 heavy (non-hydrogen) atoms.